The molecule has 0 saturated carbocycles. The van der Waals surface area contributed by atoms with Crippen molar-refractivity contribution >= 4 is 11.9 Å². The average molecular weight is 310 g/mol. The first-order chi connectivity index (χ1) is 10.4. The second-order valence-corrected chi connectivity index (χ2v) is 6.36. The van der Waals surface area contributed by atoms with Gasteiger partial charge in [-0.2, -0.15) is 0 Å². The summed E-state index contributed by atoms with van der Waals surface area (Å²) in [5, 5.41) is 6.43. The van der Waals surface area contributed by atoms with Gasteiger partial charge < -0.3 is 10.1 Å². The largest absolute Gasteiger partial charge is 0.465 e. The first-order valence-corrected chi connectivity index (χ1v) is 8.21. The van der Waals surface area contributed by atoms with Gasteiger partial charge in [0.15, 0.2) is 0 Å². The Morgan fingerprint density at radius 3 is 2.59 bits per heavy atom. The van der Waals surface area contributed by atoms with Gasteiger partial charge in [-0.05, 0) is 38.5 Å². The van der Waals surface area contributed by atoms with Gasteiger partial charge in [0.05, 0.1) is 6.61 Å². The van der Waals surface area contributed by atoms with Crippen LogP contribution in [0.5, 0.6) is 0 Å². The maximum Gasteiger partial charge on any atom is 0.323 e. The van der Waals surface area contributed by atoms with E-state index in [9.17, 15) is 9.59 Å². The summed E-state index contributed by atoms with van der Waals surface area (Å²) >= 11 is 0. The Labute approximate surface area is 133 Å². The molecular weight excluding hydrogens is 280 g/mol. The van der Waals surface area contributed by atoms with Crippen LogP contribution in [0.15, 0.2) is 12.2 Å². The van der Waals surface area contributed by atoms with Crippen LogP contribution in [0.25, 0.3) is 0 Å². The highest BCUT2D eigenvalue weighted by Crippen LogP contribution is 2.27. The Hall–Kier alpha value is -1.36. The van der Waals surface area contributed by atoms with E-state index in [0.29, 0.717) is 18.9 Å². The standard InChI is InChI=1S/C17H30N2O3/c1-6-8-13-10-15(17(21)22-7-2)19-16(13)14(9-11(3)4)18-12(5)20/h6,8,11,13-16,19H,7,9-10H2,1-5H3,(H,18,20)/b8-6+/t13-,14+,15-,16-/m1/s1. The van der Waals surface area contributed by atoms with Crippen molar-refractivity contribution in [2.24, 2.45) is 11.8 Å². The molecule has 0 radical (unpaired) electrons. The summed E-state index contributed by atoms with van der Waals surface area (Å²) in [6.45, 7) is 9.98. The fourth-order valence-corrected chi connectivity index (χ4v) is 3.17. The molecule has 1 amide bonds. The number of carbonyl (C=O) groups is 2. The lowest BCUT2D eigenvalue weighted by atomic mass is 9.88. The third-order valence-electron chi connectivity index (χ3n) is 3.92. The first kappa shape index (κ1) is 18.7. The second-order valence-electron chi connectivity index (χ2n) is 6.36. The Bertz CT molecular complexity index is 407. The number of allylic oxidation sites excluding steroid dienone is 1. The van der Waals surface area contributed by atoms with Crippen molar-refractivity contribution < 1.29 is 14.3 Å². The van der Waals surface area contributed by atoms with Crippen molar-refractivity contribution in [2.45, 2.75) is 65.6 Å². The molecule has 126 valence electrons. The van der Waals surface area contributed by atoms with E-state index in [2.05, 4.69) is 30.6 Å². The number of carbonyl (C=O) groups excluding carboxylic acids is 2. The number of nitrogens with one attached hydrogen (secondary N) is 2. The highest BCUT2D eigenvalue weighted by molar-refractivity contribution is 5.76. The van der Waals surface area contributed by atoms with Crippen molar-refractivity contribution in [3.8, 4) is 0 Å². The van der Waals surface area contributed by atoms with Crippen LogP contribution in [-0.2, 0) is 14.3 Å². The van der Waals surface area contributed by atoms with Crippen LogP contribution >= 0.6 is 0 Å². The molecule has 0 spiro atoms. The minimum Gasteiger partial charge on any atom is -0.465 e. The molecule has 0 aliphatic carbocycles. The van der Waals surface area contributed by atoms with Crippen LogP contribution in [0.4, 0.5) is 0 Å². The van der Waals surface area contributed by atoms with E-state index in [1.165, 1.54) is 6.92 Å². The van der Waals surface area contributed by atoms with Crippen molar-refractivity contribution in [1.82, 2.24) is 10.6 Å². The number of hydrogen-bond donors (Lipinski definition) is 2. The zero-order valence-corrected chi connectivity index (χ0v) is 14.4. The third kappa shape index (κ3) is 5.44. The lowest BCUT2D eigenvalue weighted by molar-refractivity contribution is -0.145. The summed E-state index contributed by atoms with van der Waals surface area (Å²) in [4.78, 5) is 23.5. The molecule has 5 heteroatoms. The molecule has 0 aromatic heterocycles. The Balaban J connectivity index is 2.89. The van der Waals surface area contributed by atoms with Crippen LogP contribution in [-0.4, -0.2) is 36.6 Å². The molecule has 2 N–H and O–H groups in total. The summed E-state index contributed by atoms with van der Waals surface area (Å²) in [6, 6.07) is -0.232. The van der Waals surface area contributed by atoms with Gasteiger partial charge in [0.2, 0.25) is 5.91 Å². The SMILES string of the molecule is C/C=C/[C@@H]1C[C@H](C(=O)OCC)N[C@H]1[C@H](CC(C)C)NC(C)=O. The van der Waals surface area contributed by atoms with Gasteiger partial charge >= 0.3 is 5.97 Å². The molecule has 22 heavy (non-hydrogen) atoms. The number of ether oxygens (including phenoxy) is 1. The van der Waals surface area contributed by atoms with E-state index < -0.39 is 0 Å². The average Bonchev–Trinajstić information content (AvgIpc) is 2.81. The molecule has 0 aromatic carbocycles. The molecule has 1 rings (SSSR count). The lowest BCUT2D eigenvalue weighted by Crippen LogP contribution is -2.51. The van der Waals surface area contributed by atoms with Gasteiger partial charge in [0, 0.05) is 19.0 Å². The molecule has 0 aromatic rings. The van der Waals surface area contributed by atoms with Crippen LogP contribution in [0, 0.1) is 11.8 Å². The number of rotatable bonds is 7. The Morgan fingerprint density at radius 2 is 2.09 bits per heavy atom. The van der Waals surface area contributed by atoms with Gasteiger partial charge in [-0.15, -0.1) is 0 Å². The maximum absolute atomic E-state index is 12.0. The highest BCUT2D eigenvalue weighted by Gasteiger charge is 2.40. The summed E-state index contributed by atoms with van der Waals surface area (Å²) in [5.74, 6) is 0.443. The molecule has 1 heterocycles. The quantitative estimate of drug-likeness (QED) is 0.558. The van der Waals surface area contributed by atoms with E-state index in [4.69, 9.17) is 4.74 Å². The van der Waals surface area contributed by atoms with Crippen molar-refractivity contribution in [3.05, 3.63) is 12.2 Å². The molecule has 1 saturated heterocycles. The highest BCUT2D eigenvalue weighted by atomic mass is 16.5. The molecule has 1 fully saturated rings. The summed E-state index contributed by atoms with van der Waals surface area (Å²) in [5.41, 5.74) is 0. The molecule has 1 aliphatic heterocycles. The molecular formula is C17H30N2O3. The monoisotopic (exact) mass is 310 g/mol. The van der Waals surface area contributed by atoms with E-state index in [1.54, 1.807) is 0 Å². The predicted molar refractivity (Wildman–Crippen MR) is 87.3 cm³/mol. The van der Waals surface area contributed by atoms with Crippen molar-refractivity contribution in [1.29, 1.82) is 0 Å². The van der Waals surface area contributed by atoms with Crippen LogP contribution in [0.1, 0.15) is 47.5 Å². The van der Waals surface area contributed by atoms with Gasteiger partial charge in [-0.25, -0.2) is 0 Å². The van der Waals surface area contributed by atoms with Gasteiger partial charge in [0.25, 0.3) is 0 Å². The molecule has 0 unspecified atom stereocenters. The molecule has 1 aliphatic rings. The molecule has 5 nitrogen and oxygen atoms in total. The van der Waals surface area contributed by atoms with E-state index in [0.717, 1.165) is 6.42 Å². The predicted octanol–water partition coefficient (Wildman–Crippen LogP) is 2.02. The summed E-state index contributed by atoms with van der Waals surface area (Å²) in [7, 11) is 0. The van der Waals surface area contributed by atoms with Gasteiger partial charge in [-0.1, -0.05) is 26.0 Å². The Morgan fingerprint density at radius 1 is 1.41 bits per heavy atom. The van der Waals surface area contributed by atoms with Gasteiger partial charge in [0.1, 0.15) is 6.04 Å². The van der Waals surface area contributed by atoms with E-state index in [1.807, 2.05) is 19.9 Å². The minimum absolute atomic E-state index is 0.0122. The van der Waals surface area contributed by atoms with Crippen LogP contribution in [0.2, 0.25) is 0 Å². The van der Waals surface area contributed by atoms with Gasteiger partial charge in [-0.3, -0.25) is 14.9 Å². The number of esters is 1. The minimum atomic E-state index is -0.297. The smallest absolute Gasteiger partial charge is 0.323 e. The first-order valence-electron chi connectivity index (χ1n) is 8.21. The normalized spacial score (nSPS) is 26.4. The van der Waals surface area contributed by atoms with E-state index >= 15 is 0 Å². The van der Waals surface area contributed by atoms with E-state index in [-0.39, 0.29) is 35.9 Å². The molecule has 0 bridgehead atoms. The fraction of sp³-hybridized carbons (Fsp3) is 0.765. The Kier molecular flexibility index (Phi) is 7.59. The van der Waals surface area contributed by atoms with Crippen LogP contribution < -0.4 is 10.6 Å². The van der Waals surface area contributed by atoms with Crippen molar-refractivity contribution in [3.63, 3.8) is 0 Å². The van der Waals surface area contributed by atoms with Crippen molar-refractivity contribution in [2.75, 3.05) is 6.61 Å². The van der Waals surface area contributed by atoms with Crippen LogP contribution in [0.3, 0.4) is 0 Å². The summed E-state index contributed by atoms with van der Waals surface area (Å²) < 4.78 is 5.13. The zero-order chi connectivity index (χ0) is 16.7. The maximum atomic E-state index is 12.0. The third-order valence-corrected chi connectivity index (χ3v) is 3.92. The number of hydrogen-bond acceptors (Lipinski definition) is 4. The topological polar surface area (TPSA) is 67.4 Å². The zero-order valence-electron chi connectivity index (χ0n) is 14.4. The second kappa shape index (κ2) is 8.93. The number of amides is 1. The molecule has 4 atom stereocenters. The fourth-order valence-electron chi connectivity index (χ4n) is 3.17. The lowest BCUT2D eigenvalue weighted by Gasteiger charge is -2.29. The summed E-state index contributed by atoms with van der Waals surface area (Å²) in [6.07, 6.45) is 5.71.